The summed E-state index contributed by atoms with van der Waals surface area (Å²) in [4.78, 5) is 10.0. The number of carbonyl (C=O) groups excluding carboxylic acids is 1. The first kappa shape index (κ1) is 13.2. The first-order valence-electron chi connectivity index (χ1n) is 5.63. The van der Waals surface area contributed by atoms with Crippen LogP contribution in [0, 0.1) is 0 Å². The van der Waals surface area contributed by atoms with Gasteiger partial charge in [0.05, 0.1) is 0 Å². The monoisotopic (exact) mass is 194 g/mol. The van der Waals surface area contributed by atoms with Crippen LogP contribution < -0.4 is 0 Å². The number of aldehydes is 1. The maximum atomic E-state index is 10.0. The van der Waals surface area contributed by atoms with Gasteiger partial charge in [-0.3, -0.25) is 0 Å². The fraction of sp³-hybridized carbons (Fsp3) is 0.615. The average Bonchev–Trinajstić information content (AvgIpc) is 2.21. The van der Waals surface area contributed by atoms with Crippen LogP contribution in [0.25, 0.3) is 0 Å². The summed E-state index contributed by atoms with van der Waals surface area (Å²) in [5.74, 6) is 0. The highest BCUT2D eigenvalue weighted by Crippen LogP contribution is 2.06. The van der Waals surface area contributed by atoms with Crippen LogP contribution >= 0.6 is 0 Å². The molecular weight excluding hydrogens is 172 g/mol. The Labute approximate surface area is 87.9 Å². The van der Waals surface area contributed by atoms with E-state index < -0.39 is 0 Å². The van der Waals surface area contributed by atoms with Gasteiger partial charge in [0, 0.05) is 6.42 Å². The van der Waals surface area contributed by atoms with Crippen molar-refractivity contribution in [2.75, 3.05) is 0 Å². The Balaban J connectivity index is 3.02. The molecule has 0 spiro atoms. The van der Waals surface area contributed by atoms with E-state index in [-0.39, 0.29) is 0 Å². The highest BCUT2D eigenvalue weighted by Gasteiger charge is 1.88. The van der Waals surface area contributed by atoms with E-state index in [1.807, 2.05) is 13.0 Å². The van der Waals surface area contributed by atoms with Crippen LogP contribution in [0.2, 0.25) is 0 Å². The molecule has 0 aromatic carbocycles. The summed E-state index contributed by atoms with van der Waals surface area (Å²) in [6.07, 6.45) is 17.4. The molecule has 1 heteroatoms. The third-order valence-electron chi connectivity index (χ3n) is 2.13. The number of allylic oxidation sites excluding steroid dienone is 4. The standard InChI is InChI=1S/C13H22O/c1-2-3-4-5-6-7-8-9-10-11-12-13-14/h2-5,13H,6-12H2,1H3/b3-2+,5-4-. The molecule has 0 aliphatic heterocycles. The molecule has 0 aliphatic rings. The molecule has 0 aromatic heterocycles. The second-order valence-electron chi connectivity index (χ2n) is 3.47. The molecule has 0 N–H and O–H groups in total. The summed E-state index contributed by atoms with van der Waals surface area (Å²) in [7, 11) is 0. The van der Waals surface area contributed by atoms with Crippen molar-refractivity contribution in [1.29, 1.82) is 0 Å². The topological polar surface area (TPSA) is 17.1 Å². The SMILES string of the molecule is C/C=C/C=C\CCCCCCCC=O. The maximum Gasteiger partial charge on any atom is 0.119 e. The molecule has 0 fully saturated rings. The van der Waals surface area contributed by atoms with E-state index in [2.05, 4.69) is 18.2 Å². The lowest BCUT2D eigenvalue weighted by Crippen LogP contribution is -1.79. The van der Waals surface area contributed by atoms with Gasteiger partial charge in [0.2, 0.25) is 0 Å². The van der Waals surface area contributed by atoms with Gasteiger partial charge in [-0.05, 0) is 26.2 Å². The van der Waals surface area contributed by atoms with Crippen LogP contribution in [0.5, 0.6) is 0 Å². The van der Waals surface area contributed by atoms with Crippen molar-refractivity contribution in [1.82, 2.24) is 0 Å². The van der Waals surface area contributed by atoms with Gasteiger partial charge in [0.25, 0.3) is 0 Å². The van der Waals surface area contributed by atoms with E-state index in [1.165, 1.54) is 32.1 Å². The first-order valence-corrected chi connectivity index (χ1v) is 5.63. The smallest absolute Gasteiger partial charge is 0.119 e. The van der Waals surface area contributed by atoms with Crippen LogP contribution in [0.15, 0.2) is 24.3 Å². The number of hydrogen-bond donors (Lipinski definition) is 0. The third kappa shape index (κ3) is 11.2. The minimum atomic E-state index is 0.737. The van der Waals surface area contributed by atoms with Crippen molar-refractivity contribution in [3.05, 3.63) is 24.3 Å². The van der Waals surface area contributed by atoms with Crippen molar-refractivity contribution >= 4 is 6.29 Å². The zero-order valence-corrected chi connectivity index (χ0v) is 9.24. The Morgan fingerprint density at radius 2 is 1.50 bits per heavy atom. The molecular formula is C13H22O. The molecule has 0 atom stereocenters. The van der Waals surface area contributed by atoms with E-state index >= 15 is 0 Å². The summed E-state index contributed by atoms with van der Waals surface area (Å²) in [6.45, 7) is 2.03. The Bertz CT molecular complexity index is 168. The molecule has 1 nitrogen and oxygen atoms in total. The van der Waals surface area contributed by atoms with Crippen LogP contribution in [-0.2, 0) is 4.79 Å². The normalized spacial score (nSPS) is 11.5. The van der Waals surface area contributed by atoms with Crippen molar-refractivity contribution < 1.29 is 4.79 Å². The summed E-state index contributed by atoms with van der Waals surface area (Å²) in [5, 5.41) is 0. The van der Waals surface area contributed by atoms with Gasteiger partial charge < -0.3 is 4.79 Å². The van der Waals surface area contributed by atoms with Crippen molar-refractivity contribution in [2.45, 2.75) is 51.9 Å². The zero-order chi connectivity index (χ0) is 10.5. The largest absolute Gasteiger partial charge is 0.303 e. The fourth-order valence-electron chi connectivity index (χ4n) is 1.31. The summed E-state index contributed by atoms with van der Waals surface area (Å²) < 4.78 is 0. The van der Waals surface area contributed by atoms with Gasteiger partial charge in [-0.15, -0.1) is 0 Å². The molecule has 0 bridgehead atoms. The van der Waals surface area contributed by atoms with E-state index in [4.69, 9.17) is 0 Å². The van der Waals surface area contributed by atoms with E-state index in [1.54, 1.807) is 0 Å². The third-order valence-corrected chi connectivity index (χ3v) is 2.13. The Hall–Kier alpha value is -0.850. The molecule has 0 saturated carbocycles. The highest BCUT2D eigenvalue weighted by atomic mass is 16.1. The molecule has 14 heavy (non-hydrogen) atoms. The molecule has 0 aliphatic carbocycles. The average molecular weight is 194 g/mol. The number of rotatable bonds is 9. The molecule has 80 valence electrons. The zero-order valence-electron chi connectivity index (χ0n) is 9.24. The lowest BCUT2D eigenvalue weighted by Gasteiger charge is -1.96. The molecule has 0 rings (SSSR count). The van der Waals surface area contributed by atoms with Gasteiger partial charge in [-0.25, -0.2) is 0 Å². The Morgan fingerprint density at radius 3 is 2.14 bits per heavy atom. The Kier molecular flexibility index (Phi) is 11.4. The molecule has 0 saturated heterocycles. The summed E-state index contributed by atoms with van der Waals surface area (Å²) in [5.41, 5.74) is 0. The molecule has 0 unspecified atom stereocenters. The van der Waals surface area contributed by atoms with Crippen LogP contribution in [0.4, 0.5) is 0 Å². The predicted molar refractivity (Wildman–Crippen MR) is 62.3 cm³/mol. The van der Waals surface area contributed by atoms with Crippen LogP contribution in [0.3, 0.4) is 0 Å². The van der Waals surface area contributed by atoms with Crippen LogP contribution in [0.1, 0.15) is 51.9 Å². The van der Waals surface area contributed by atoms with E-state index in [0.717, 1.165) is 19.1 Å². The fourth-order valence-corrected chi connectivity index (χ4v) is 1.31. The molecule has 0 amide bonds. The lowest BCUT2D eigenvalue weighted by molar-refractivity contribution is -0.107. The van der Waals surface area contributed by atoms with Gasteiger partial charge in [0.1, 0.15) is 6.29 Å². The minimum Gasteiger partial charge on any atom is -0.303 e. The highest BCUT2D eigenvalue weighted by molar-refractivity contribution is 5.48. The quantitative estimate of drug-likeness (QED) is 0.307. The number of carbonyl (C=O) groups is 1. The number of hydrogen-bond acceptors (Lipinski definition) is 1. The van der Waals surface area contributed by atoms with Crippen molar-refractivity contribution in [3.63, 3.8) is 0 Å². The van der Waals surface area contributed by atoms with E-state index in [0.29, 0.717) is 0 Å². The van der Waals surface area contributed by atoms with Crippen molar-refractivity contribution in [2.24, 2.45) is 0 Å². The molecule has 0 radical (unpaired) electrons. The van der Waals surface area contributed by atoms with E-state index in [9.17, 15) is 4.79 Å². The van der Waals surface area contributed by atoms with Gasteiger partial charge in [-0.1, -0.05) is 43.6 Å². The van der Waals surface area contributed by atoms with Crippen LogP contribution in [-0.4, -0.2) is 6.29 Å². The lowest BCUT2D eigenvalue weighted by atomic mass is 10.1. The second-order valence-corrected chi connectivity index (χ2v) is 3.47. The molecule has 0 aromatic rings. The second kappa shape index (κ2) is 12.2. The Morgan fingerprint density at radius 1 is 0.857 bits per heavy atom. The summed E-state index contributed by atoms with van der Waals surface area (Å²) >= 11 is 0. The first-order chi connectivity index (χ1) is 6.91. The van der Waals surface area contributed by atoms with Gasteiger partial charge in [-0.2, -0.15) is 0 Å². The minimum absolute atomic E-state index is 0.737. The van der Waals surface area contributed by atoms with Crippen molar-refractivity contribution in [3.8, 4) is 0 Å². The maximum absolute atomic E-state index is 10.0. The summed E-state index contributed by atoms with van der Waals surface area (Å²) in [6, 6.07) is 0. The number of unbranched alkanes of at least 4 members (excludes halogenated alkanes) is 6. The molecule has 0 heterocycles. The predicted octanol–water partition coefficient (Wildman–Crippen LogP) is 4.05. The van der Waals surface area contributed by atoms with Gasteiger partial charge in [0.15, 0.2) is 0 Å². The van der Waals surface area contributed by atoms with Gasteiger partial charge >= 0.3 is 0 Å².